The summed E-state index contributed by atoms with van der Waals surface area (Å²) in [5, 5.41) is 23.3. The van der Waals surface area contributed by atoms with Crippen molar-refractivity contribution in [3.8, 4) is 47.3 Å². The summed E-state index contributed by atoms with van der Waals surface area (Å²) in [7, 11) is 1.40. The highest BCUT2D eigenvalue weighted by Crippen LogP contribution is 2.48. The first-order valence-corrected chi connectivity index (χ1v) is 26.7. The van der Waals surface area contributed by atoms with Gasteiger partial charge in [0.1, 0.15) is 46.4 Å². The lowest BCUT2D eigenvalue weighted by atomic mass is 9.95. The number of piperidine rings is 2. The van der Waals surface area contributed by atoms with Gasteiger partial charge in [0.05, 0.1) is 25.3 Å². The van der Waals surface area contributed by atoms with Gasteiger partial charge in [-0.2, -0.15) is 15.2 Å². The number of nitrogens with zero attached hydrogens (tertiary/aromatic N) is 10. The largest absolute Gasteiger partial charge is 0.508 e. The van der Waals surface area contributed by atoms with E-state index in [1.54, 1.807) is 9.80 Å². The Kier molecular flexibility index (Phi) is 13.0. The molecule has 8 heterocycles. The number of carbonyl (C=O) groups excluding carboxylic acids is 4. The van der Waals surface area contributed by atoms with Crippen LogP contribution in [0.2, 0.25) is 0 Å². The first-order chi connectivity index (χ1) is 37.3. The molecule has 18 nitrogen and oxygen atoms in total. The summed E-state index contributed by atoms with van der Waals surface area (Å²) in [4.78, 5) is 77.8. The molecular weight excluding hydrogens is 989 g/mol. The molecule has 3 aromatic carbocycles. The van der Waals surface area contributed by atoms with Crippen molar-refractivity contribution in [1.82, 2.24) is 39.9 Å². The van der Waals surface area contributed by atoms with Crippen LogP contribution in [0.5, 0.6) is 17.6 Å². The summed E-state index contributed by atoms with van der Waals surface area (Å²) < 4.78 is 45.2. The molecule has 20 heteroatoms. The maximum atomic E-state index is 17.6. The first-order valence-electron chi connectivity index (χ1n) is 26.7. The molecule has 2 aromatic heterocycles. The summed E-state index contributed by atoms with van der Waals surface area (Å²) in [5.74, 6) is 0.413. The molecule has 1 aliphatic carbocycles. The van der Waals surface area contributed by atoms with Crippen LogP contribution in [0, 0.1) is 46.6 Å². The van der Waals surface area contributed by atoms with Gasteiger partial charge in [0.25, 0.3) is 5.91 Å². The predicted molar refractivity (Wildman–Crippen MR) is 280 cm³/mol. The summed E-state index contributed by atoms with van der Waals surface area (Å²) in [5.41, 5.74) is 2.00. The third-order valence-electron chi connectivity index (χ3n) is 17.1. The van der Waals surface area contributed by atoms with Gasteiger partial charge in [-0.3, -0.25) is 24.5 Å². The molecule has 6 aliphatic heterocycles. The van der Waals surface area contributed by atoms with E-state index in [1.165, 1.54) is 31.4 Å². The second-order valence-electron chi connectivity index (χ2n) is 22.0. The first kappa shape index (κ1) is 50.2. The zero-order chi connectivity index (χ0) is 53.3. The number of benzene rings is 3. The number of phenols is 1. The van der Waals surface area contributed by atoms with E-state index in [1.807, 2.05) is 23.1 Å². The van der Waals surface area contributed by atoms with Crippen LogP contribution in [0.4, 0.5) is 20.3 Å². The molecule has 2 bridgehead atoms. The van der Waals surface area contributed by atoms with E-state index in [9.17, 15) is 29.5 Å². The van der Waals surface area contributed by atoms with Crippen molar-refractivity contribution in [3.05, 3.63) is 70.8 Å². The second kappa shape index (κ2) is 20.0. The Labute approximate surface area is 443 Å². The molecule has 398 valence electrons. The Morgan fingerprint density at radius 1 is 0.896 bits per heavy atom. The van der Waals surface area contributed by atoms with Crippen molar-refractivity contribution >= 4 is 56.8 Å². The van der Waals surface area contributed by atoms with E-state index in [0.717, 1.165) is 102 Å². The van der Waals surface area contributed by atoms with Gasteiger partial charge in [-0.25, -0.2) is 13.8 Å². The number of imide groups is 1. The number of pyridine rings is 1. The SMILES string of the molecule is C#Cc1c(F)ccc2cc(O)cc(-c3nc(OC)c4c(N5CC6CCC(C5)N6C(=O)CC#N)nc(OCC5(CN6CCN(CC7CCN(c8ccc9c(c8)CN(C8CCC(=O)NC8=O)C9=O)CC7)CC6)CC5)nc4c3F)c12. The van der Waals surface area contributed by atoms with Gasteiger partial charge in [0, 0.05) is 118 Å². The number of nitrogens with one attached hydrogen (secondary N) is 1. The standard InChI is InChI=1S/C57H59F2N11O7/c1-3-40-43(58)9-4-34-25-39(71)26-42(47(34)40)50-49(59)51-48(54(62-50)76-2)52(68-29-37-5-6-38(30-68)70(37)46(73)12-17-60)64-56(63-51)77-32-57(15-16-57)31-66-22-20-65(21-23-66)27-33-13-18-67(19-14-33)36-7-8-41-35(24-36)28-69(55(41)75)44-10-11-45(72)61-53(44)74/h1,4,7-9,24-26,33,37-38,44,71H,5-6,10-16,18-23,27-32H2,2H3,(H,61,72,74). The average molecular weight is 1050 g/mol. The molecule has 5 saturated heterocycles. The summed E-state index contributed by atoms with van der Waals surface area (Å²) >= 11 is 0. The number of ether oxygens (including phenoxy) is 2. The zero-order valence-corrected chi connectivity index (χ0v) is 42.9. The van der Waals surface area contributed by atoms with Crippen LogP contribution in [0.25, 0.3) is 32.9 Å². The Bertz CT molecular complexity index is 3330. The molecule has 7 aliphatic rings. The minimum absolute atomic E-state index is 0.0101. The number of halogens is 2. The number of carbonyl (C=O) groups is 4. The van der Waals surface area contributed by atoms with E-state index in [0.29, 0.717) is 55.3 Å². The van der Waals surface area contributed by atoms with Crippen LogP contribution in [0.1, 0.15) is 79.3 Å². The monoisotopic (exact) mass is 1050 g/mol. The van der Waals surface area contributed by atoms with E-state index < -0.39 is 23.6 Å². The molecule has 12 rings (SSSR count). The molecule has 1 saturated carbocycles. The summed E-state index contributed by atoms with van der Waals surface area (Å²) in [6.07, 6.45) is 11.6. The Morgan fingerprint density at radius 3 is 2.35 bits per heavy atom. The molecule has 3 atom stereocenters. The highest BCUT2D eigenvalue weighted by atomic mass is 19.1. The number of hydrogen-bond donors (Lipinski definition) is 2. The number of hydrogen-bond acceptors (Lipinski definition) is 15. The molecular formula is C57H59F2N11O7. The average Bonchev–Trinajstić information content (AvgIpc) is 4.12. The number of fused-ring (bicyclic) bond motifs is 5. The van der Waals surface area contributed by atoms with Gasteiger partial charge >= 0.3 is 6.01 Å². The van der Waals surface area contributed by atoms with Crippen LogP contribution >= 0.6 is 0 Å². The van der Waals surface area contributed by atoms with Crippen molar-refractivity contribution in [2.24, 2.45) is 11.3 Å². The molecule has 4 amide bonds. The van der Waals surface area contributed by atoms with Crippen LogP contribution in [0.15, 0.2) is 42.5 Å². The highest BCUT2D eigenvalue weighted by Gasteiger charge is 2.47. The second-order valence-corrected chi connectivity index (χ2v) is 22.0. The fourth-order valence-corrected chi connectivity index (χ4v) is 13.0. The van der Waals surface area contributed by atoms with Crippen molar-refractivity contribution in [2.45, 2.75) is 82.5 Å². The van der Waals surface area contributed by atoms with Gasteiger partial charge in [-0.05, 0) is 98.2 Å². The van der Waals surface area contributed by atoms with Gasteiger partial charge < -0.3 is 44.0 Å². The smallest absolute Gasteiger partial charge is 0.319 e. The molecule has 3 unspecified atom stereocenters. The predicted octanol–water partition coefficient (Wildman–Crippen LogP) is 5.37. The molecule has 0 radical (unpaired) electrons. The minimum Gasteiger partial charge on any atom is -0.508 e. The molecule has 77 heavy (non-hydrogen) atoms. The van der Waals surface area contributed by atoms with Crippen molar-refractivity contribution in [1.29, 1.82) is 5.26 Å². The Morgan fingerprint density at radius 2 is 1.65 bits per heavy atom. The summed E-state index contributed by atoms with van der Waals surface area (Å²) in [6, 6.07) is 12.3. The number of nitriles is 1. The minimum atomic E-state index is -0.872. The fourth-order valence-electron chi connectivity index (χ4n) is 13.0. The van der Waals surface area contributed by atoms with Gasteiger partial charge in [-0.15, -0.1) is 6.42 Å². The number of phenolic OH excluding ortho intramolecular Hbond substituents is 1. The maximum Gasteiger partial charge on any atom is 0.319 e. The Hall–Kier alpha value is -7.68. The molecule has 6 fully saturated rings. The maximum absolute atomic E-state index is 17.6. The van der Waals surface area contributed by atoms with Crippen molar-refractivity contribution in [2.75, 3.05) is 89.0 Å². The van der Waals surface area contributed by atoms with Crippen molar-refractivity contribution < 1.29 is 42.5 Å². The van der Waals surface area contributed by atoms with Crippen LogP contribution < -0.4 is 24.6 Å². The topological polar surface area (TPSA) is 201 Å². The molecule has 5 aromatic rings. The van der Waals surface area contributed by atoms with Crippen LogP contribution in [-0.2, 0) is 20.9 Å². The lowest BCUT2D eigenvalue weighted by molar-refractivity contribution is -0.137. The van der Waals surface area contributed by atoms with E-state index in [-0.39, 0.29) is 98.8 Å². The van der Waals surface area contributed by atoms with Gasteiger partial charge in [0.15, 0.2) is 5.82 Å². The zero-order valence-electron chi connectivity index (χ0n) is 42.9. The van der Waals surface area contributed by atoms with E-state index in [2.05, 4.69) is 37.0 Å². The van der Waals surface area contributed by atoms with E-state index >= 15 is 8.78 Å². The normalized spacial score (nSPS) is 22.6. The third kappa shape index (κ3) is 9.35. The number of aromatic nitrogens is 3. The number of aromatic hydroxyl groups is 1. The lowest BCUT2D eigenvalue weighted by Gasteiger charge is -2.41. The number of rotatable bonds is 13. The number of piperazine rings is 2. The Balaban J connectivity index is 0.719. The molecule has 0 spiro atoms. The lowest BCUT2D eigenvalue weighted by Crippen LogP contribution is -2.56. The van der Waals surface area contributed by atoms with Gasteiger partial charge in [0.2, 0.25) is 23.6 Å². The van der Waals surface area contributed by atoms with Crippen molar-refractivity contribution in [3.63, 3.8) is 0 Å². The third-order valence-corrected chi connectivity index (χ3v) is 17.1. The summed E-state index contributed by atoms with van der Waals surface area (Å²) in [6.45, 7) is 8.83. The number of amides is 4. The van der Waals surface area contributed by atoms with Crippen LogP contribution in [-0.4, -0.2) is 161 Å². The number of anilines is 2. The van der Waals surface area contributed by atoms with E-state index in [4.69, 9.17) is 25.9 Å². The highest BCUT2D eigenvalue weighted by molar-refractivity contribution is 6.06. The molecule has 2 N–H and O–H groups in total. The van der Waals surface area contributed by atoms with Gasteiger partial charge in [-0.1, -0.05) is 12.0 Å². The number of terminal acetylenes is 1. The van der Waals surface area contributed by atoms with Crippen LogP contribution in [0.3, 0.4) is 0 Å². The quantitative estimate of drug-likeness (QED) is 0.113. The number of methoxy groups -OCH3 is 1. The fraction of sp³-hybridized carbons (Fsp3) is 0.474.